The summed E-state index contributed by atoms with van der Waals surface area (Å²) in [4.78, 5) is 0. The summed E-state index contributed by atoms with van der Waals surface area (Å²) in [6, 6.07) is 34.6. The van der Waals surface area contributed by atoms with Gasteiger partial charge in [-0.3, -0.25) is 0 Å². The van der Waals surface area contributed by atoms with Gasteiger partial charge in [0.25, 0.3) is 0 Å². The van der Waals surface area contributed by atoms with Gasteiger partial charge in [0.05, 0.1) is 5.41 Å². The van der Waals surface area contributed by atoms with Gasteiger partial charge in [0.2, 0.25) is 0 Å². The van der Waals surface area contributed by atoms with Crippen molar-refractivity contribution < 1.29 is 0 Å². The van der Waals surface area contributed by atoms with Crippen LogP contribution in [0.2, 0.25) is 0 Å². The molecule has 154 valence electrons. The average molecular weight is 411 g/mol. The van der Waals surface area contributed by atoms with E-state index in [0.29, 0.717) is 0 Å². The first-order chi connectivity index (χ1) is 15.5. The molecule has 0 aliphatic heterocycles. The molecule has 0 N–H and O–H groups in total. The lowest BCUT2D eigenvalue weighted by atomic mass is 9.67. The molecule has 1 unspecified atom stereocenters. The third kappa shape index (κ3) is 2.04. The Kier molecular flexibility index (Phi) is 3.36. The average Bonchev–Trinajstić information content (AvgIpc) is 3.41. The number of hydrogen-bond acceptors (Lipinski definition) is 0. The standard InChI is InChI=1S/C32H26/c1-31(2,3)21-16-17-25-23-12-6-8-14-27(23)32(29(25)19-21)28-15-9-7-13-24(28)26-18-20-10-4-5-11-22(20)30(26)32/h4-17,19H,18H2,1-3H3. The lowest BCUT2D eigenvalue weighted by Crippen LogP contribution is -2.27. The third-order valence-electron chi connectivity index (χ3n) is 7.90. The zero-order valence-corrected chi connectivity index (χ0v) is 18.9. The van der Waals surface area contributed by atoms with Crippen LogP contribution in [0.4, 0.5) is 0 Å². The second kappa shape index (κ2) is 5.90. The van der Waals surface area contributed by atoms with Crippen LogP contribution >= 0.6 is 0 Å². The van der Waals surface area contributed by atoms with Crippen molar-refractivity contribution in [1.82, 2.24) is 0 Å². The molecule has 0 saturated heterocycles. The Morgan fingerprint density at radius 3 is 1.94 bits per heavy atom. The van der Waals surface area contributed by atoms with E-state index in [0.717, 1.165) is 6.42 Å². The fourth-order valence-corrected chi connectivity index (χ4v) is 6.53. The fraction of sp³-hybridized carbons (Fsp3) is 0.188. The normalized spacial score (nSPS) is 19.6. The maximum absolute atomic E-state index is 2.52. The van der Waals surface area contributed by atoms with Crippen LogP contribution in [0, 0.1) is 0 Å². The Morgan fingerprint density at radius 2 is 1.19 bits per heavy atom. The monoisotopic (exact) mass is 410 g/mol. The van der Waals surface area contributed by atoms with Crippen molar-refractivity contribution in [1.29, 1.82) is 0 Å². The smallest absolute Gasteiger partial charge is 0.0619 e. The van der Waals surface area contributed by atoms with Gasteiger partial charge >= 0.3 is 0 Å². The summed E-state index contributed by atoms with van der Waals surface area (Å²) in [5.41, 5.74) is 15.8. The van der Waals surface area contributed by atoms with Gasteiger partial charge in [-0.1, -0.05) is 112 Å². The van der Waals surface area contributed by atoms with Gasteiger partial charge in [-0.25, -0.2) is 0 Å². The van der Waals surface area contributed by atoms with Gasteiger partial charge in [-0.15, -0.1) is 0 Å². The van der Waals surface area contributed by atoms with Crippen molar-refractivity contribution in [3.63, 3.8) is 0 Å². The number of rotatable bonds is 0. The zero-order chi connectivity index (χ0) is 21.7. The second-order valence-electron chi connectivity index (χ2n) is 10.5. The molecule has 4 aromatic rings. The SMILES string of the molecule is CC(C)(C)c1ccc2c(c1)C1(C3=C(Cc4ccccc43)c3ccccc31)c1ccccc1-2. The molecule has 4 aromatic carbocycles. The maximum atomic E-state index is 2.52. The Morgan fingerprint density at radius 1 is 0.594 bits per heavy atom. The summed E-state index contributed by atoms with van der Waals surface area (Å²) in [7, 11) is 0. The molecule has 0 saturated carbocycles. The molecule has 0 radical (unpaired) electrons. The number of allylic oxidation sites excluding steroid dienone is 2. The molecule has 1 spiro atoms. The molecule has 0 heterocycles. The topological polar surface area (TPSA) is 0 Å². The number of benzene rings is 4. The lowest BCUT2D eigenvalue weighted by molar-refractivity contribution is 0.588. The summed E-state index contributed by atoms with van der Waals surface area (Å²) in [5, 5.41) is 0. The molecule has 32 heavy (non-hydrogen) atoms. The van der Waals surface area contributed by atoms with Crippen molar-refractivity contribution in [2.45, 2.75) is 38.0 Å². The van der Waals surface area contributed by atoms with E-state index < -0.39 is 0 Å². The first-order valence-electron chi connectivity index (χ1n) is 11.7. The van der Waals surface area contributed by atoms with Gasteiger partial charge in [0.1, 0.15) is 0 Å². The van der Waals surface area contributed by atoms with Crippen LogP contribution in [0.25, 0.3) is 22.3 Å². The first kappa shape index (κ1) is 18.2. The molecule has 0 heteroatoms. The highest BCUT2D eigenvalue weighted by molar-refractivity contribution is 6.12. The van der Waals surface area contributed by atoms with Crippen LogP contribution in [0.15, 0.2) is 91.0 Å². The summed E-state index contributed by atoms with van der Waals surface area (Å²) in [5.74, 6) is 0. The van der Waals surface area contributed by atoms with Gasteiger partial charge in [-0.2, -0.15) is 0 Å². The Labute approximate surface area is 190 Å². The van der Waals surface area contributed by atoms with Crippen LogP contribution in [0.1, 0.15) is 59.7 Å². The van der Waals surface area contributed by atoms with Crippen molar-refractivity contribution in [2.75, 3.05) is 0 Å². The van der Waals surface area contributed by atoms with Crippen LogP contribution in [0.3, 0.4) is 0 Å². The van der Waals surface area contributed by atoms with E-state index >= 15 is 0 Å². The minimum absolute atomic E-state index is 0.105. The van der Waals surface area contributed by atoms with E-state index in [4.69, 9.17) is 0 Å². The quantitative estimate of drug-likeness (QED) is 0.278. The molecule has 7 rings (SSSR count). The van der Waals surface area contributed by atoms with Crippen LogP contribution in [-0.4, -0.2) is 0 Å². The van der Waals surface area contributed by atoms with Crippen LogP contribution < -0.4 is 0 Å². The highest BCUT2D eigenvalue weighted by Gasteiger charge is 2.55. The van der Waals surface area contributed by atoms with Crippen molar-refractivity contribution in [2.24, 2.45) is 0 Å². The second-order valence-corrected chi connectivity index (χ2v) is 10.5. The summed E-state index contributed by atoms with van der Waals surface area (Å²) in [6.45, 7) is 6.96. The van der Waals surface area contributed by atoms with E-state index in [1.54, 1.807) is 0 Å². The van der Waals surface area contributed by atoms with E-state index in [1.165, 1.54) is 61.2 Å². The minimum Gasteiger partial charge on any atom is -0.0619 e. The van der Waals surface area contributed by atoms with Crippen LogP contribution in [0.5, 0.6) is 0 Å². The summed E-state index contributed by atoms with van der Waals surface area (Å²) >= 11 is 0. The van der Waals surface area contributed by atoms with Crippen LogP contribution in [-0.2, 0) is 17.3 Å². The molecule has 0 nitrogen and oxygen atoms in total. The first-order valence-corrected chi connectivity index (χ1v) is 11.7. The maximum Gasteiger partial charge on any atom is 0.0728 e. The highest BCUT2D eigenvalue weighted by atomic mass is 14.6. The number of fused-ring (bicyclic) bond motifs is 11. The lowest BCUT2D eigenvalue weighted by Gasteiger charge is -2.34. The molecule has 0 aromatic heterocycles. The summed E-state index contributed by atoms with van der Waals surface area (Å²) < 4.78 is 0. The van der Waals surface area contributed by atoms with E-state index in [-0.39, 0.29) is 10.8 Å². The Hall–Kier alpha value is -3.38. The summed E-state index contributed by atoms with van der Waals surface area (Å²) in [6.07, 6.45) is 1.03. The molecular weight excluding hydrogens is 384 g/mol. The molecular formula is C32H26. The highest BCUT2D eigenvalue weighted by Crippen LogP contribution is 2.66. The Bertz CT molecular complexity index is 1470. The predicted molar refractivity (Wildman–Crippen MR) is 134 cm³/mol. The molecule has 3 aliphatic carbocycles. The van der Waals surface area contributed by atoms with Gasteiger partial charge in [0.15, 0.2) is 0 Å². The molecule has 0 bridgehead atoms. The Balaban J connectivity index is 1.67. The van der Waals surface area contributed by atoms with Crippen molar-refractivity contribution in [3.8, 4) is 11.1 Å². The molecule has 1 atom stereocenters. The molecule has 0 amide bonds. The fourth-order valence-electron chi connectivity index (χ4n) is 6.53. The van der Waals surface area contributed by atoms with E-state index in [2.05, 4.69) is 112 Å². The largest absolute Gasteiger partial charge is 0.0728 e. The van der Waals surface area contributed by atoms with E-state index in [9.17, 15) is 0 Å². The number of hydrogen-bond donors (Lipinski definition) is 0. The van der Waals surface area contributed by atoms with Crippen molar-refractivity contribution in [3.05, 3.63) is 130 Å². The third-order valence-corrected chi connectivity index (χ3v) is 7.90. The van der Waals surface area contributed by atoms with E-state index in [1.807, 2.05) is 0 Å². The van der Waals surface area contributed by atoms with Gasteiger partial charge in [-0.05, 0) is 73.1 Å². The zero-order valence-electron chi connectivity index (χ0n) is 18.9. The predicted octanol–water partition coefficient (Wildman–Crippen LogP) is 7.78. The van der Waals surface area contributed by atoms with Crippen molar-refractivity contribution >= 4 is 11.1 Å². The van der Waals surface area contributed by atoms with Gasteiger partial charge in [0, 0.05) is 0 Å². The molecule has 0 fully saturated rings. The minimum atomic E-state index is -0.230. The molecule has 3 aliphatic rings. The van der Waals surface area contributed by atoms with Gasteiger partial charge < -0.3 is 0 Å².